The van der Waals surface area contributed by atoms with Crippen molar-refractivity contribution in [2.24, 2.45) is 17.8 Å². The molecule has 4 atom stereocenters. The molecule has 0 radical (unpaired) electrons. The Labute approximate surface area is 116 Å². The van der Waals surface area contributed by atoms with Crippen molar-refractivity contribution in [1.82, 2.24) is 14.9 Å². The number of hydrogen-bond acceptors (Lipinski definition) is 2. The molecule has 0 aliphatic heterocycles. The number of fused-ring (bicyclic) bond motifs is 2. The third-order valence-electron chi connectivity index (χ3n) is 5.28. The highest BCUT2D eigenvalue weighted by Crippen LogP contribution is 2.49. The lowest BCUT2D eigenvalue weighted by atomic mass is 9.84. The first-order chi connectivity index (χ1) is 9.28. The molecule has 1 aromatic heterocycles. The van der Waals surface area contributed by atoms with Gasteiger partial charge in [-0.2, -0.15) is 0 Å². The molecule has 0 amide bonds. The fourth-order valence-electron chi connectivity index (χ4n) is 4.26. The van der Waals surface area contributed by atoms with Gasteiger partial charge in [-0.05, 0) is 50.4 Å². The summed E-state index contributed by atoms with van der Waals surface area (Å²) in [7, 11) is 0. The second-order valence-corrected chi connectivity index (χ2v) is 6.55. The van der Waals surface area contributed by atoms with Gasteiger partial charge in [-0.15, -0.1) is 0 Å². The first-order valence-corrected chi connectivity index (χ1v) is 8.01. The highest BCUT2D eigenvalue weighted by Gasteiger charge is 2.41. The Balaban J connectivity index is 1.52. The van der Waals surface area contributed by atoms with Crippen molar-refractivity contribution in [3.63, 3.8) is 0 Å². The summed E-state index contributed by atoms with van der Waals surface area (Å²) in [5, 5.41) is 3.73. The van der Waals surface area contributed by atoms with Crippen molar-refractivity contribution in [3.05, 3.63) is 18.2 Å². The maximum Gasteiger partial charge on any atom is 0.122 e. The fraction of sp³-hybridized carbons (Fsp3) is 0.812. The summed E-state index contributed by atoms with van der Waals surface area (Å²) in [6, 6.07) is 0.641. The zero-order valence-corrected chi connectivity index (χ0v) is 12.3. The Morgan fingerprint density at radius 3 is 3.00 bits per heavy atom. The van der Waals surface area contributed by atoms with Gasteiger partial charge in [-0.1, -0.05) is 13.3 Å². The van der Waals surface area contributed by atoms with Gasteiger partial charge >= 0.3 is 0 Å². The monoisotopic (exact) mass is 261 g/mol. The van der Waals surface area contributed by atoms with Crippen LogP contribution in [0.4, 0.5) is 0 Å². The Bertz CT molecular complexity index is 412. The van der Waals surface area contributed by atoms with Crippen molar-refractivity contribution in [2.45, 2.75) is 65.1 Å². The molecule has 1 heterocycles. The van der Waals surface area contributed by atoms with E-state index in [1.807, 2.05) is 6.20 Å². The van der Waals surface area contributed by atoms with E-state index in [2.05, 4.69) is 34.9 Å². The second kappa shape index (κ2) is 5.66. The SMILES string of the molecule is CCCn1ccnc1CNC(C)C1CC2CCC1C2. The Kier molecular flexibility index (Phi) is 3.92. The van der Waals surface area contributed by atoms with E-state index in [-0.39, 0.29) is 0 Å². The van der Waals surface area contributed by atoms with Crippen molar-refractivity contribution in [2.75, 3.05) is 0 Å². The minimum Gasteiger partial charge on any atom is -0.334 e. The van der Waals surface area contributed by atoms with E-state index in [0.717, 1.165) is 30.8 Å². The normalized spacial score (nSPS) is 30.9. The first kappa shape index (κ1) is 13.2. The van der Waals surface area contributed by atoms with Crippen LogP contribution in [0.25, 0.3) is 0 Å². The molecule has 3 rings (SSSR count). The number of aromatic nitrogens is 2. The largest absolute Gasteiger partial charge is 0.334 e. The van der Waals surface area contributed by atoms with Gasteiger partial charge < -0.3 is 9.88 Å². The predicted octanol–water partition coefficient (Wildman–Crippen LogP) is 3.21. The van der Waals surface area contributed by atoms with E-state index < -0.39 is 0 Å². The molecule has 2 fully saturated rings. The summed E-state index contributed by atoms with van der Waals surface area (Å²) in [5.74, 6) is 4.15. The zero-order chi connectivity index (χ0) is 13.2. The summed E-state index contributed by atoms with van der Waals surface area (Å²) in [5.41, 5.74) is 0. The molecule has 1 N–H and O–H groups in total. The average molecular weight is 261 g/mol. The summed E-state index contributed by atoms with van der Waals surface area (Å²) < 4.78 is 2.28. The number of imidazole rings is 1. The lowest BCUT2D eigenvalue weighted by molar-refractivity contribution is 0.257. The third kappa shape index (κ3) is 2.71. The van der Waals surface area contributed by atoms with Crippen LogP contribution in [0, 0.1) is 17.8 Å². The molecule has 19 heavy (non-hydrogen) atoms. The zero-order valence-electron chi connectivity index (χ0n) is 12.3. The van der Waals surface area contributed by atoms with E-state index in [1.54, 1.807) is 0 Å². The van der Waals surface area contributed by atoms with Crippen LogP contribution in [0.3, 0.4) is 0 Å². The van der Waals surface area contributed by atoms with Crippen molar-refractivity contribution < 1.29 is 0 Å². The van der Waals surface area contributed by atoms with Crippen molar-refractivity contribution in [3.8, 4) is 0 Å². The first-order valence-electron chi connectivity index (χ1n) is 8.01. The number of rotatable bonds is 6. The summed E-state index contributed by atoms with van der Waals surface area (Å²) in [6.07, 6.45) is 11.1. The minimum atomic E-state index is 0.641. The number of nitrogens with one attached hydrogen (secondary N) is 1. The smallest absolute Gasteiger partial charge is 0.122 e. The predicted molar refractivity (Wildman–Crippen MR) is 77.8 cm³/mol. The summed E-state index contributed by atoms with van der Waals surface area (Å²) in [6.45, 7) is 6.59. The third-order valence-corrected chi connectivity index (χ3v) is 5.28. The number of aryl methyl sites for hydroxylation is 1. The van der Waals surface area contributed by atoms with Crippen LogP contribution in [0.2, 0.25) is 0 Å². The highest BCUT2D eigenvalue weighted by atomic mass is 15.1. The summed E-state index contributed by atoms with van der Waals surface area (Å²) in [4.78, 5) is 4.48. The van der Waals surface area contributed by atoms with Crippen LogP contribution in [0.15, 0.2) is 12.4 Å². The maximum absolute atomic E-state index is 4.48. The molecule has 2 bridgehead atoms. The van der Waals surface area contributed by atoms with E-state index >= 15 is 0 Å². The molecule has 2 aliphatic rings. The van der Waals surface area contributed by atoms with E-state index in [9.17, 15) is 0 Å². The molecule has 4 unspecified atom stereocenters. The molecular weight excluding hydrogens is 234 g/mol. The second-order valence-electron chi connectivity index (χ2n) is 6.55. The van der Waals surface area contributed by atoms with Crippen molar-refractivity contribution in [1.29, 1.82) is 0 Å². The lowest BCUT2D eigenvalue weighted by Crippen LogP contribution is -2.36. The van der Waals surface area contributed by atoms with Crippen LogP contribution in [0.1, 0.15) is 51.8 Å². The number of nitrogens with zero attached hydrogens (tertiary/aromatic N) is 2. The lowest BCUT2D eigenvalue weighted by Gasteiger charge is -2.28. The molecule has 0 spiro atoms. The van der Waals surface area contributed by atoms with Crippen LogP contribution < -0.4 is 5.32 Å². The van der Waals surface area contributed by atoms with Gasteiger partial charge in [-0.25, -0.2) is 4.98 Å². The molecule has 0 aromatic carbocycles. The standard InChI is InChI=1S/C16H27N3/c1-3-7-19-8-6-17-16(19)11-18-12(2)15-10-13-4-5-14(15)9-13/h6,8,12-15,18H,3-5,7,9-11H2,1-2H3. The summed E-state index contributed by atoms with van der Waals surface area (Å²) >= 11 is 0. The van der Waals surface area contributed by atoms with Gasteiger partial charge in [0.2, 0.25) is 0 Å². The molecule has 106 valence electrons. The van der Waals surface area contributed by atoms with Crippen LogP contribution in [-0.2, 0) is 13.1 Å². The fourth-order valence-corrected chi connectivity index (χ4v) is 4.26. The topological polar surface area (TPSA) is 29.9 Å². The average Bonchev–Trinajstić information content (AvgIpc) is 3.12. The van der Waals surface area contributed by atoms with Crippen LogP contribution in [-0.4, -0.2) is 15.6 Å². The maximum atomic E-state index is 4.48. The van der Waals surface area contributed by atoms with Crippen molar-refractivity contribution >= 4 is 0 Å². The molecule has 0 saturated heterocycles. The van der Waals surface area contributed by atoms with Gasteiger partial charge in [0.1, 0.15) is 5.82 Å². The van der Waals surface area contributed by atoms with Gasteiger partial charge in [0, 0.05) is 25.0 Å². The molecule has 3 nitrogen and oxygen atoms in total. The molecule has 2 aliphatic carbocycles. The Morgan fingerprint density at radius 1 is 1.42 bits per heavy atom. The van der Waals surface area contributed by atoms with Crippen LogP contribution in [0.5, 0.6) is 0 Å². The Hall–Kier alpha value is -0.830. The van der Waals surface area contributed by atoms with Gasteiger partial charge in [0.15, 0.2) is 0 Å². The minimum absolute atomic E-state index is 0.641. The van der Waals surface area contributed by atoms with E-state index in [4.69, 9.17) is 0 Å². The van der Waals surface area contributed by atoms with Gasteiger partial charge in [0.25, 0.3) is 0 Å². The highest BCUT2D eigenvalue weighted by molar-refractivity contribution is 4.96. The molecular formula is C16H27N3. The van der Waals surface area contributed by atoms with Gasteiger partial charge in [-0.3, -0.25) is 0 Å². The molecule has 2 saturated carbocycles. The molecule has 1 aromatic rings. The Morgan fingerprint density at radius 2 is 2.32 bits per heavy atom. The van der Waals surface area contributed by atoms with Gasteiger partial charge in [0.05, 0.1) is 6.54 Å². The van der Waals surface area contributed by atoms with E-state index in [1.165, 1.54) is 37.9 Å². The van der Waals surface area contributed by atoms with Crippen LogP contribution >= 0.6 is 0 Å². The number of hydrogen-bond donors (Lipinski definition) is 1. The van der Waals surface area contributed by atoms with E-state index in [0.29, 0.717) is 6.04 Å². The molecule has 3 heteroatoms. The quantitative estimate of drug-likeness (QED) is 0.852.